The highest BCUT2D eigenvalue weighted by molar-refractivity contribution is 7.09. The Morgan fingerprint density at radius 1 is 1.13 bits per heavy atom. The van der Waals surface area contributed by atoms with Gasteiger partial charge >= 0.3 is 0 Å². The van der Waals surface area contributed by atoms with E-state index < -0.39 is 0 Å². The summed E-state index contributed by atoms with van der Waals surface area (Å²) in [6.07, 6.45) is 0.781. The molecule has 1 heterocycles. The molecule has 0 aliphatic heterocycles. The van der Waals surface area contributed by atoms with Crippen LogP contribution in [0.25, 0.3) is 0 Å². The van der Waals surface area contributed by atoms with Crippen molar-refractivity contribution in [2.24, 2.45) is 0 Å². The zero-order valence-corrected chi connectivity index (χ0v) is 17.9. The van der Waals surface area contributed by atoms with E-state index >= 15 is 0 Å². The lowest BCUT2D eigenvalue weighted by Crippen LogP contribution is -2.41. The highest BCUT2D eigenvalue weighted by Gasteiger charge is 2.22. The first-order chi connectivity index (χ1) is 14.6. The molecular formula is C24H24N2O3S. The van der Waals surface area contributed by atoms with E-state index in [1.165, 1.54) is 4.88 Å². The van der Waals surface area contributed by atoms with Crippen LogP contribution in [0.2, 0.25) is 0 Å². The van der Waals surface area contributed by atoms with Crippen LogP contribution >= 0.6 is 11.3 Å². The van der Waals surface area contributed by atoms with Crippen LogP contribution < -0.4 is 9.47 Å². The van der Waals surface area contributed by atoms with Crippen molar-refractivity contribution in [3.8, 4) is 17.6 Å². The molecule has 3 aromatic rings. The molecule has 6 heteroatoms. The van der Waals surface area contributed by atoms with Gasteiger partial charge in [0.1, 0.15) is 11.5 Å². The number of ether oxygens (including phenoxy) is 2. The van der Waals surface area contributed by atoms with E-state index in [1.54, 1.807) is 42.7 Å². The van der Waals surface area contributed by atoms with Crippen molar-refractivity contribution in [1.29, 1.82) is 5.26 Å². The molecule has 1 amide bonds. The number of methoxy groups -OCH3 is 1. The normalized spacial score (nSPS) is 11.4. The second-order valence-electron chi connectivity index (χ2n) is 6.93. The van der Waals surface area contributed by atoms with Crippen molar-refractivity contribution >= 4 is 17.2 Å². The topological polar surface area (TPSA) is 62.6 Å². The molecular weight excluding hydrogens is 396 g/mol. The summed E-state index contributed by atoms with van der Waals surface area (Å²) >= 11 is 1.69. The van der Waals surface area contributed by atoms with E-state index in [1.807, 2.05) is 40.6 Å². The number of rotatable bonds is 9. The molecule has 0 aliphatic carbocycles. The number of carbonyl (C=O) groups excluding carboxylic acids is 1. The Balaban J connectivity index is 1.72. The predicted molar refractivity (Wildman–Crippen MR) is 118 cm³/mol. The van der Waals surface area contributed by atoms with E-state index in [-0.39, 0.29) is 18.6 Å². The Morgan fingerprint density at radius 3 is 2.60 bits per heavy atom. The third kappa shape index (κ3) is 5.85. The Hall–Kier alpha value is -3.30. The van der Waals surface area contributed by atoms with Crippen LogP contribution in [0.4, 0.5) is 0 Å². The molecule has 0 radical (unpaired) electrons. The molecule has 154 valence electrons. The van der Waals surface area contributed by atoms with Crippen LogP contribution in [0.15, 0.2) is 66.0 Å². The van der Waals surface area contributed by atoms with Gasteiger partial charge in [-0.3, -0.25) is 4.79 Å². The van der Waals surface area contributed by atoms with Gasteiger partial charge < -0.3 is 14.4 Å². The lowest BCUT2D eigenvalue weighted by molar-refractivity contribution is -0.136. The highest BCUT2D eigenvalue weighted by atomic mass is 32.1. The summed E-state index contributed by atoms with van der Waals surface area (Å²) in [6.45, 7) is 2.45. The molecule has 0 saturated carbocycles. The average Bonchev–Trinajstić information content (AvgIpc) is 3.29. The zero-order valence-electron chi connectivity index (χ0n) is 17.1. The SMILES string of the molecule is COc1ccc(CN(C(=O)COc2cccc(C#N)c2)[C@@H](C)Cc2cccs2)cc1. The summed E-state index contributed by atoms with van der Waals surface area (Å²) in [5, 5.41) is 11.1. The van der Waals surface area contributed by atoms with Gasteiger partial charge in [0.2, 0.25) is 0 Å². The minimum absolute atomic E-state index is 0.00675. The Labute approximate surface area is 181 Å². The fourth-order valence-corrected chi connectivity index (χ4v) is 3.96. The molecule has 2 aromatic carbocycles. The number of carbonyl (C=O) groups is 1. The molecule has 3 rings (SSSR count). The minimum atomic E-state index is -0.0998. The number of hydrogen-bond donors (Lipinski definition) is 0. The molecule has 1 atom stereocenters. The molecule has 1 aromatic heterocycles. The van der Waals surface area contributed by atoms with Crippen molar-refractivity contribution in [2.75, 3.05) is 13.7 Å². The van der Waals surface area contributed by atoms with Crippen LogP contribution in [-0.4, -0.2) is 30.6 Å². The van der Waals surface area contributed by atoms with Gasteiger partial charge in [0.25, 0.3) is 5.91 Å². The molecule has 0 bridgehead atoms. The van der Waals surface area contributed by atoms with E-state index in [2.05, 4.69) is 19.1 Å². The Kier molecular flexibility index (Phi) is 7.47. The molecule has 0 fully saturated rings. The number of benzene rings is 2. The summed E-state index contributed by atoms with van der Waals surface area (Å²) in [6, 6.07) is 20.7. The number of hydrogen-bond acceptors (Lipinski definition) is 5. The van der Waals surface area contributed by atoms with E-state index in [9.17, 15) is 4.79 Å². The van der Waals surface area contributed by atoms with Crippen molar-refractivity contribution in [3.05, 3.63) is 82.0 Å². The maximum atomic E-state index is 13.1. The fraction of sp³-hybridized carbons (Fsp3) is 0.250. The number of nitrogens with zero attached hydrogens (tertiary/aromatic N) is 2. The van der Waals surface area contributed by atoms with Crippen LogP contribution in [0.1, 0.15) is 22.9 Å². The number of nitriles is 1. The quantitative estimate of drug-likeness (QED) is 0.505. The predicted octanol–water partition coefficient (Wildman–Crippen LogP) is 4.67. The molecule has 0 N–H and O–H groups in total. The van der Waals surface area contributed by atoms with Gasteiger partial charge in [-0.25, -0.2) is 0 Å². The van der Waals surface area contributed by atoms with Gasteiger partial charge in [-0.15, -0.1) is 11.3 Å². The summed E-state index contributed by atoms with van der Waals surface area (Å²) in [4.78, 5) is 16.2. The third-order valence-electron chi connectivity index (χ3n) is 4.77. The summed E-state index contributed by atoms with van der Waals surface area (Å²) < 4.78 is 10.9. The third-order valence-corrected chi connectivity index (χ3v) is 5.67. The van der Waals surface area contributed by atoms with E-state index in [0.717, 1.165) is 17.7 Å². The molecule has 0 unspecified atom stereocenters. The van der Waals surface area contributed by atoms with Gasteiger partial charge in [0.05, 0.1) is 18.7 Å². The second-order valence-corrected chi connectivity index (χ2v) is 7.96. The second kappa shape index (κ2) is 10.5. The fourth-order valence-electron chi connectivity index (χ4n) is 3.13. The van der Waals surface area contributed by atoms with Gasteiger partial charge in [-0.2, -0.15) is 5.26 Å². The van der Waals surface area contributed by atoms with Crippen LogP contribution in [0.3, 0.4) is 0 Å². The Bertz CT molecular complexity index is 994. The van der Waals surface area contributed by atoms with Crippen molar-refractivity contribution in [3.63, 3.8) is 0 Å². The van der Waals surface area contributed by atoms with Gasteiger partial charge in [0, 0.05) is 23.9 Å². The first-order valence-corrected chi connectivity index (χ1v) is 10.5. The van der Waals surface area contributed by atoms with Gasteiger partial charge in [0.15, 0.2) is 6.61 Å². The highest BCUT2D eigenvalue weighted by Crippen LogP contribution is 2.19. The largest absolute Gasteiger partial charge is 0.497 e. The van der Waals surface area contributed by atoms with Crippen LogP contribution in [0, 0.1) is 11.3 Å². The molecule has 5 nitrogen and oxygen atoms in total. The van der Waals surface area contributed by atoms with E-state index in [0.29, 0.717) is 17.9 Å². The van der Waals surface area contributed by atoms with E-state index in [4.69, 9.17) is 14.7 Å². The molecule has 0 saturated heterocycles. The van der Waals surface area contributed by atoms with Crippen molar-refractivity contribution in [1.82, 2.24) is 4.90 Å². The zero-order chi connectivity index (χ0) is 21.3. The van der Waals surface area contributed by atoms with Gasteiger partial charge in [-0.1, -0.05) is 24.3 Å². The monoisotopic (exact) mass is 420 g/mol. The molecule has 30 heavy (non-hydrogen) atoms. The lowest BCUT2D eigenvalue weighted by atomic mass is 10.1. The van der Waals surface area contributed by atoms with Crippen molar-refractivity contribution in [2.45, 2.75) is 25.9 Å². The van der Waals surface area contributed by atoms with Crippen LogP contribution in [0.5, 0.6) is 11.5 Å². The van der Waals surface area contributed by atoms with Gasteiger partial charge in [-0.05, 0) is 54.3 Å². The number of thiophene rings is 1. The van der Waals surface area contributed by atoms with Crippen LogP contribution in [-0.2, 0) is 17.8 Å². The standard InChI is InChI=1S/C24H24N2O3S/c1-18(13-23-7-4-12-30-23)26(16-19-8-10-21(28-2)11-9-19)24(27)17-29-22-6-3-5-20(14-22)15-25/h3-12,14,18H,13,16-17H2,1-2H3/t18-/m0/s1. The first-order valence-electron chi connectivity index (χ1n) is 9.67. The minimum Gasteiger partial charge on any atom is -0.497 e. The summed E-state index contributed by atoms with van der Waals surface area (Å²) in [7, 11) is 1.63. The lowest BCUT2D eigenvalue weighted by Gasteiger charge is -2.29. The Morgan fingerprint density at radius 2 is 1.93 bits per heavy atom. The van der Waals surface area contributed by atoms with Crippen molar-refractivity contribution < 1.29 is 14.3 Å². The first kappa shape index (κ1) is 21.4. The smallest absolute Gasteiger partial charge is 0.261 e. The molecule has 0 aliphatic rings. The maximum Gasteiger partial charge on any atom is 0.261 e. The average molecular weight is 421 g/mol. The summed E-state index contributed by atoms with van der Waals surface area (Å²) in [5.41, 5.74) is 1.52. The maximum absolute atomic E-state index is 13.1. The molecule has 0 spiro atoms. The summed E-state index contributed by atoms with van der Waals surface area (Å²) in [5.74, 6) is 1.19. The number of amides is 1.